The third-order valence-corrected chi connectivity index (χ3v) is 5.40. The lowest BCUT2D eigenvalue weighted by Crippen LogP contribution is -2.45. The smallest absolute Gasteiger partial charge is 0.123 e. The third kappa shape index (κ3) is 1.78. The summed E-state index contributed by atoms with van der Waals surface area (Å²) in [7, 11) is 0. The lowest BCUT2D eigenvalue weighted by atomic mass is 9.60. The Balaban J connectivity index is 2.04. The molecule has 1 atom stereocenters. The number of nitrogens with zero attached hydrogens (tertiary/aromatic N) is 1. The Morgan fingerprint density at radius 1 is 1.30 bits per heavy atom. The molecule has 0 heterocycles. The Kier molecular flexibility index (Phi) is 3.10. The van der Waals surface area contributed by atoms with E-state index in [1.54, 1.807) is 6.07 Å². The predicted molar refractivity (Wildman–Crippen MR) is 74.3 cm³/mol. The van der Waals surface area contributed by atoms with E-state index in [0.29, 0.717) is 18.8 Å². The van der Waals surface area contributed by atoms with Crippen LogP contribution in [0.4, 0.5) is 4.39 Å². The van der Waals surface area contributed by atoms with Crippen molar-refractivity contribution in [3.63, 3.8) is 0 Å². The zero-order chi connectivity index (χ0) is 14.4. The monoisotopic (exact) mass is 273 g/mol. The van der Waals surface area contributed by atoms with Crippen LogP contribution in [-0.4, -0.2) is 5.11 Å². The lowest BCUT2D eigenvalue weighted by molar-refractivity contribution is -0.0822. The first-order chi connectivity index (χ1) is 9.51. The van der Waals surface area contributed by atoms with Gasteiger partial charge in [-0.15, -0.1) is 0 Å². The molecule has 0 aliphatic heterocycles. The Bertz CT molecular complexity index is 569. The number of hydrogen-bond acceptors (Lipinski definition) is 2. The highest BCUT2D eigenvalue weighted by molar-refractivity contribution is 5.41. The molecule has 0 radical (unpaired) electrons. The molecular weight excluding hydrogens is 253 g/mol. The summed E-state index contributed by atoms with van der Waals surface area (Å²) in [6, 6.07) is 7.01. The van der Waals surface area contributed by atoms with Gasteiger partial charge in [-0.1, -0.05) is 13.0 Å². The van der Waals surface area contributed by atoms with Crippen molar-refractivity contribution in [2.45, 2.75) is 51.0 Å². The number of benzene rings is 1. The quantitative estimate of drug-likeness (QED) is 0.848. The molecule has 2 aliphatic rings. The molecule has 1 saturated carbocycles. The van der Waals surface area contributed by atoms with Gasteiger partial charge in [-0.3, -0.25) is 0 Å². The summed E-state index contributed by atoms with van der Waals surface area (Å²) in [5.74, 6) is 0.352. The van der Waals surface area contributed by atoms with Crippen LogP contribution in [0.1, 0.15) is 50.2 Å². The van der Waals surface area contributed by atoms with Crippen LogP contribution in [0.25, 0.3) is 0 Å². The van der Waals surface area contributed by atoms with E-state index in [4.69, 9.17) is 0 Å². The van der Waals surface area contributed by atoms with Gasteiger partial charge in [-0.25, -0.2) is 4.39 Å². The number of aliphatic hydroxyl groups is 1. The average Bonchev–Trinajstić information content (AvgIpc) is 2.78. The molecule has 1 fully saturated rings. The Hall–Kier alpha value is -1.40. The molecule has 2 nitrogen and oxygen atoms in total. The van der Waals surface area contributed by atoms with Gasteiger partial charge < -0.3 is 5.11 Å². The molecule has 3 heteroatoms. The van der Waals surface area contributed by atoms with Crippen LogP contribution in [0, 0.1) is 28.5 Å². The Morgan fingerprint density at radius 3 is 2.65 bits per heavy atom. The van der Waals surface area contributed by atoms with Gasteiger partial charge in [0.2, 0.25) is 0 Å². The van der Waals surface area contributed by atoms with E-state index in [0.717, 1.165) is 36.8 Å². The highest BCUT2D eigenvalue weighted by Crippen LogP contribution is 2.56. The molecule has 0 saturated heterocycles. The molecule has 0 amide bonds. The molecule has 1 aromatic rings. The van der Waals surface area contributed by atoms with Gasteiger partial charge in [-0.05, 0) is 67.7 Å². The molecule has 3 rings (SSSR count). The second kappa shape index (κ2) is 4.56. The summed E-state index contributed by atoms with van der Waals surface area (Å²) in [4.78, 5) is 0. The maximum absolute atomic E-state index is 13.3. The second-order valence-corrected chi connectivity index (χ2v) is 6.54. The summed E-state index contributed by atoms with van der Waals surface area (Å²) in [6.45, 7) is 2.20. The van der Waals surface area contributed by atoms with Crippen molar-refractivity contribution in [1.82, 2.24) is 0 Å². The maximum Gasteiger partial charge on any atom is 0.123 e. The molecule has 20 heavy (non-hydrogen) atoms. The SMILES string of the molecule is CC1CCC(C#N)(C2(O)CCc3cc(F)ccc32)CC1. The van der Waals surface area contributed by atoms with E-state index in [1.807, 2.05) is 0 Å². The summed E-state index contributed by atoms with van der Waals surface area (Å²) in [5, 5.41) is 21.0. The molecule has 1 unspecified atom stereocenters. The van der Waals surface area contributed by atoms with Crippen molar-refractivity contribution in [2.24, 2.45) is 11.3 Å². The minimum Gasteiger partial charge on any atom is -0.383 e. The molecule has 0 bridgehead atoms. The number of aryl methyl sites for hydroxylation is 1. The zero-order valence-electron chi connectivity index (χ0n) is 11.8. The molecule has 0 aromatic heterocycles. The number of hydrogen-bond donors (Lipinski definition) is 1. The fraction of sp³-hybridized carbons (Fsp3) is 0.588. The highest BCUT2D eigenvalue weighted by Gasteiger charge is 2.55. The van der Waals surface area contributed by atoms with Gasteiger partial charge >= 0.3 is 0 Å². The van der Waals surface area contributed by atoms with Crippen molar-refractivity contribution in [3.05, 3.63) is 35.1 Å². The summed E-state index contributed by atoms with van der Waals surface area (Å²) in [5.41, 5.74) is -0.177. The van der Waals surface area contributed by atoms with E-state index in [1.165, 1.54) is 12.1 Å². The van der Waals surface area contributed by atoms with E-state index >= 15 is 0 Å². The van der Waals surface area contributed by atoms with Gasteiger partial charge in [0.15, 0.2) is 0 Å². The van der Waals surface area contributed by atoms with Crippen LogP contribution >= 0.6 is 0 Å². The van der Waals surface area contributed by atoms with Crippen LogP contribution in [0.15, 0.2) is 18.2 Å². The number of fused-ring (bicyclic) bond motifs is 1. The van der Waals surface area contributed by atoms with Crippen LogP contribution < -0.4 is 0 Å². The Labute approximate surface area is 119 Å². The number of nitriles is 1. The van der Waals surface area contributed by atoms with E-state index < -0.39 is 11.0 Å². The van der Waals surface area contributed by atoms with Crippen LogP contribution in [0.2, 0.25) is 0 Å². The van der Waals surface area contributed by atoms with Gasteiger partial charge in [0.1, 0.15) is 11.4 Å². The summed E-state index contributed by atoms with van der Waals surface area (Å²) >= 11 is 0. The van der Waals surface area contributed by atoms with Gasteiger partial charge in [-0.2, -0.15) is 5.26 Å². The van der Waals surface area contributed by atoms with Crippen LogP contribution in [0.3, 0.4) is 0 Å². The standard InChI is InChI=1S/C17H20FNO/c1-12-4-7-16(11-19,8-5-12)17(20)9-6-13-10-14(18)2-3-15(13)17/h2-3,10,12,20H,4-9H2,1H3. The predicted octanol–water partition coefficient (Wildman–Crippen LogP) is 3.68. The first-order valence-corrected chi connectivity index (χ1v) is 7.43. The molecular formula is C17H20FNO. The molecule has 2 aliphatic carbocycles. The number of halogens is 1. The highest BCUT2D eigenvalue weighted by atomic mass is 19.1. The van der Waals surface area contributed by atoms with Gasteiger partial charge in [0, 0.05) is 0 Å². The fourth-order valence-electron chi connectivity index (χ4n) is 3.99. The van der Waals surface area contributed by atoms with Crippen LogP contribution in [-0.2, 0) is 12.0 Å². The average molecular weight is 273 g/mol. The molecule has 1 aromatic carbocycles. The van der Waals surface area contributed by atoms with Crippen molar-refractivity contribution in [2.75, 3.05) is 0 Å². The largest absolute Gasteiger partial charge is 0.383 e. The Morgan fingerprint density at radius 2 is 2.00 bits per heavy atom. The van der Waals surface area contributed by atoms with Crippen molar-refractivity contribution >= 4 is 0 Å². The van der Waals surface area contributed by atoms with Gasteiger partial charge in [0.25, 0.3) is 0 Å². The first-order valence-electron chi connectivity index (χ1n) is 7.43. The molecule has 0 spiro atoms. The minimum atomic E-state index is -1.11. The van der Waals surface area contributed by atoms with Crippen molar-refractivity contribution < 1.29 is 9.50 Å². The van der Waals surface area contributed by atoms with Crippen molar-refractivity contribution in [3.8, 4) is 6.07 Å². The fourth-order valence-corrected chi connectivity index (χ4v) is 3.99. The minimum absolute atomic E-state index is 0.267. The van der Waals surface area contributed by atoms with Crippen LogP contribution in [0.5, 0.6) is 0 Å². The second-order valence-electron chi connectivity index (χ2n) is 6.54. The summed E-state index contributed by atoms with van der Waals surface area (Å²) < 4.78 is 13.3. The maximum atomic E-state index is 13.3. The normalized spacial score (nSPS) is 36.4. The first kappa shape index (κ1) is 13.6. The van der Waals surface area contributed by atoms with E-state index in [-0.39, 0.29) is 5.82 Å². The van der Waals surface area contributed by atoms with E-state index in [9.17, 15) is 14.8 Å². The van der Waals surface area contributed by atoms with Crippen molar-refractivity contribution in [1.29, 1.82) is 5.26 Å². The zero-order valence-corrected chi connectivity index (χ0v) is 11.8. The summed E-state index contributed by atoms with van der Waals surface area (Å²) in [6.07, 6.45) is 4.62. The molecule has 1 N–H and O–H groups in total. The van der Waals surface area contributed by atoms with Gasteiger partial charge in [0.05, 0.1) is 11.5 Å². The van der Waals surface area contributed by atoms with E-state index in [2.05, 4.69) is 13.0 Å². The molecule has 106 valence electrons. The topological polar surface area (TPSA) is 44.0 Å². The number of rotatable bonds is 1. The third-order valence-electron chi connectivity index (χ3n) is 5.40. The lowest BCUT2D eigenvalue weighted by Gasteiger charge is -2.44.